The number of nitrogens with zero attached hydrogens (tertiary/aromatic N) is 1. The van der Waals surface area contributed by atoms with Crippen LogP contribution in [-0.2, 0) is 19.1 Å². The Morgan fingerprint density at radius 2 is 1.57 bits per heavy atom. The minimum atomic E-state index is -4.74. The van der Waals surface area contributed by atoms with Crippen LogP contribution in [-0.4, -0.2) is 4.57 Å². The van der Waals surface area contributed by atoms with Gasteiger partial charge in [-0.25, -0.2) is 4.39 Å². The standard InChI is InChI=1S/C29H25ClF4N2O/c1-17-21(15-22-23(29(32,33)34)12-8-14-25(22)31)18(2)36(16-26(35)19-9-4-3-5-10-19)28(37)27(17)20-11-6-7-13-24(20)30/h3-14,26H,15-16,35H2,1-2H3. The number of halogens is 5. The molecule has 0 aliphatic heterocycles. The van der Waals surface area contributed by atoms with Gasteiger partial charge in [-0.05, 0) is 48.7 Å². The van der Waals surface area contributed by atoms with E-state index >= 15 is 0 Å². The van der Waals surface area contributed by atoms with E-state index in [1.807, 2.05) is 30.3 Å². The molecule has 1 heterocycles. The van der Waals surface area contributed by atoms with E-state index in [2.05, 4.69) is 0 Å². The number of benzene rings is 3. The number of hydrogen-bond acceptors (Lipinski definition) is 2. The summed E-state index contributed by atoms with van der Waals surface area (Å²) in [6.45, 7) is 3.37. The lowest BCUT2D eigenvalue weighted by atomic mass is 9.90. The van der Waals surface area contributed by atoms with Crippen molar-refractivity contribution in [1.29, 1.82) is 0 Å². The number of pyridine rings is 1. The summed E-state index contributed by atoms with van der Waals surface area (Å²) in [5.41, 5.74) is 7.28. The van der Waals surface area contributed by atoms with E-state index in [0.717, 1.165) is 23.8 Å². The summed E-state index contributed by atoms with van der Waals surface area (Å²) in [5.74, 6) is -0.966. The van der Waals surface area contributed by atoms with Crippen molar-refractivity contribution in [3.63, 3.8) is 0 Å². The summed E-state index contributed by atoms with van der Waals surface area (Å²) in [4.78, 5) is 13.8. The van der Waals surface area contributed by atoms with Crippen molar-refractivity contribution in [2.75, 3.05) is 0 Å². The highest BCUT2D eigenvalue weighted by atomic mass is 35.5. The van der Waals surface area contributed by atoms with Gasteiger partial charge in [0.05, 0.1) is 11.1 Å². The van der Waals surface area contributed by atoms with Gasteiger partial charge in [-0.15, -0.1) is 0 Å². The van der Waals surface area contributed by atoms with Crippen LogP contribution in [0.25, 0.3) is 11.1 Å². The molecule has 4 aromatic rings. The Morgan fingerprint density at radius 1 is 0.919 bits per heavy atom. The molecule has 2 N–H and O–H groups in total. The zero-order valence-corrected chi connectivity index (χ0v) is 21.0. The molecule has 1 aromatic heterocycles. The molecule has 0 bridgehead atoms. The van der Waals surface area contributed by atoms with Gasteiger partial charge in [0, 0.05) is 40.9 Å². The molecule has 0 saturated carbocycles. The molecule has 4 rings (SSSR count). The molecule has 0 saturated heterocycles. The second-order valence-corrected chi connectivity index (χ2v) is 9.32. The molecule has 0 spiro atoms. The van der Waals surface area contributed by atoms with E-state index in [9.17, 15) is 22.4 Å². The van der Waals surface area contributed by atoms with E-state index in [1.54, 1.807) is 38.1 Å². The first-order chi connectivity index (χ1) is 17.5. The molecule has 0 amide bonds. The van der Waals surface area contributed by atoms with Crippen LogP contribution in [0.4, 0.5) is 17.6 Å². The number of alkyl halides is 3. The van der Waals surface area contributed by atoms with E-state index in [4.69, 9.17) is 17.3 Å². The first kappa shape index (κ1) is 26.6. The van der Waals surface area contributed by atoms with Crippen molar-refractivity contribution < 1.29 is 17.6 Å². The molecule has 1 unspecified atom stereocenters. The topological polar surface area (TPSA) is 48.0 Å². The lowest BCUT2D eigenvalue weighted by Crippen LogP contribution is -2.31. The molecule has 8 heteroatoms. The van der Waals surface area contributed by atoms with E-state index in [0.29, 0.717) is 27.4 Å². The number of nitrogens with two attached hydrogens (primary N) is 1. The molecule has 0 fully saturated rings. The second kappa shape index (κ2) is 10.5. The van der Waals surface area contributed by atoms with E-state index in [-0.39, 0.29) is 24.1 Å². The Labute approximate surface area is 217 Å². The normalized spacial score (nSPS) is 12.5. The first-order valence-corrected chi connectivity index (χ1v) is 12.0. The molecule has 1 atom stereocenters. The Hall–Kier alpha value is -3.42. The predicted octanol–water partition coefficient (Wildman–Crippen LogP) is 7.23. The molecule has 37 heavy (non-hydrogen) atoms. The van der Waals surface area contributed by atoms with Crippen molar-refractivity contribution in [3.05, 3.63) is 128 Å². The smallest absolute Gasteiger partial charge is 0.322 e. The van der Waals surface area contributed by atoms with Crippen LogP contribution in [0.3, 0.4) is 0 Å². The van der Waals surface area contributed by atoms with Gasteiger partial charge in [0.2, 0.25) is 0 Å². The van der Waals surface area contributed by atoms with Crippen molar-refractivity contribution in [3.8, 4) is 11.1 Å². The molecule has 0 aliphatic carbocycles. The van der Waals surface area contributed by atoms with Gasteiger partial charge in [-0.2, -0.15) is 13.2 Å². The molecule has 0 aliphatic rings. The summed E-state index contributed by atoms with van der Waals surface area (Å²) in [5, 5.41) is 0.318. The van der Waals surface area contributed by atoms with Crippen LogP contribution < -0.4 is 11.3 Å². The average molecular weight is 529 g/mol. The lowest BCUT2D eigenvalue weighted by molar-refractivity contribution is -0.138. The second-order valence-electron chi connectivity index (χ2n) is 8.92. The van der Waals surface area contributed by atoms with Gasteiger partial charge >= 0.3 is 6.18 Å². The van der Waals surface area contributed by atoms with Crippen molar-refractivity contribution in [2.45, 2.75) is 39.0 Å². The van der Waals surface area contributed by atoms with Crippen LogP contribution in [0.5, 0.6) is 0 Å². The van der Waals surface area contributed by atoms with Crippen molar-refractivity contribution >= 4 is 11.6 Å². The summed E-state index contributed by atoms with van der Waals surface area (Å²) >= 11 is 6.44. The van der Waals surface area contributed by atoms with Crippen molar-refractivity contribution in [2.24, 2.45) is 5.73 Å². The molecule has 3 aromatic carbocycles. The van der Waals surface area contributed by atoms with Gasteiger partial charge < -0.3 is 10.3 Å². The van der Waals surface area contributed by atoms with E-state index in [1.165, 1.54) is 4.57 Å². The van der Waals surface area contributed by atoms with Crippen LogP contribution in [0.1, 0.15) is 39.6 Å². The monoisotopic (exact) mass is 528 g/mol. The van der Waals surface area contributed by atoms with Gasteiger partial charge in [-0.1, -0.05) is 66.2 Å². The Kier molecular flexibility index (Phi) is 7.57. The maximum Gasteiger partial charge on any atom is 0.416 e. The quantitative estimate of drug-likeness (QED) is 0.268. The van der Waals surface area contributed by atoms with Gasteiger partial charge in [0.15, 0.2) is 0 Å². The van der Waals surface area contributed by atoms with Crippen LogP contribution in [0.15, 0.2) is 77.6 Å². The largest absolute Gasteiger partial charge is 0.416 e. The molecular formula is C29H25ClF4N2O. The third kappa shape index (κ3) is 5.33. The molecule has 0 radical (unpaired) electrons. The summed E-state index contributed by atoms with van der Waals surface area (Å²) in [6, 6.07) is 18.3. The fraction of sp³-hybridized carbons (Fsp3) is 0.207. The Morgan fingerprint density at radius 3 is 2.22 bits per heavy atom. The minimum absolute atomic E-state index is 0.0722. The fourth-order valence-corrected chi connectivity index (χ4v) is 4.91. The van der Waals surface area contributed by atoms with Crippen molar-refractivity contribution in [1.82, 2.24) is 4.57 Å². The highest BCUT2D eigenvalue weighted by molar-refractivity contribution is 6.33. The maximum absolute atomic E-state index is 14.8. The third-order valence-electron chi connectivity index (χ3n) is 6.66. The number of rotatable bonds is 6. The Balaban J connectivity index is 1.96. The maximum atomic E-state index is 14.8. The predicted molar refractivity (Wildman–Crippen MR) is 138 cm³/mol. The van der Waals surface area contributed by atoms with Crippen LogP contribution >= 0.6 is 11.6 Å². The lowest BCUT2D eigenvalue weighted by Gasteiger charge is -2.24. The minimum Gasteiger partial charge on any atom is -0.322 e. The summed E-state index contributed by atoms with van der Waals surface area (Å²) in [6.07, 6.45) is -5.10. The first-order valence-electron chi connectivity index (χ1n) is 11.6. The summed E-state index contributed by atoms with van der Waals surface area (Å²) in [7, 11) is 0. The fourth-order valence-electron chi connectivity index (χ4n) is 4.68. The SMILES string of the molecule is Cc1c(Cc2c(F)cccc2C(F)(F)F)c(C)n(CC(N)c2ccccc2)c(=O)c1-c1ccccc1Cl. The van der Waals surface area contributed by atoms with Crippen LogP contribution in [0, 0.1) is 19.7 Å². The van der Waals surface area contributed by atoms with Crippen LogP contribution in [0.2, 0.25) is 5.02 Å². The summed E-state index contributed by atoms with van der Waals surface area (Å²) < 4.78 is 57.6. The zero-order chi connectivity index (χ0) is 26.9. The molecule has 192 valence electrons. The van der Waals surface area contributed by atoms with E-state index < -0.39 is 29.2 Å². The number of hydrogen-bond donors (Lipinski definition) is 1. The molecule has 3 nitrogen and oxygen atoms in total. The zero-order valence-electron chi connectivity index (χ0n) is 20.2. The average Bonchev–Trinajstić information content (AvgIpc) is 2.86. The molecular weight excluding hydrogens is 504 g/mol. The van der Waals surface area contributed by atoms with Gasteiger partial charge in [0.25, 0.3) is 5.56 Å². The third-order valence-corrected chi connectivity index (χ3v) is 6.99. The van der Waals surface area contributed by atoms with Gasteiger partial charge in [-0.3, -0.25) is 4.79 Å². The van der Waals surface area contributed by atoms with Gasteiger partial charge in [0.1, 0.15) is 5.82 Å². The number of aromatic nitrogens is 1. The highest BCUT2D eigenvalue weighted by Crippen LogP contribution is 2.36. The highest BCUT2D eigenvalue weighted by Gasteiger charge is 2.35. The Bertz CT molecular complexity index is 1500.